The normalized spacial score (nSPS) is 14.3. The van der Waals surface area contributed by atoms with Gasteiger partial charge in [0.15, 0.2) is 0 Å². The summed E-state index contributed by atoms with van der Waals surface area (Å²) >= 11 is 0. The number of hydrogen-bond acceptors (Lipinski definition) is 4. The summed E-state index contributed by atoms with van der Waals surface area (Å²) in [6.45, 7) is 3.71. The van der Waals surface area contributed by atoms with E-state index >= 15 is 0 Å². The molecule has 0 aliphatic carbocycles. The fourth-order valence-corrected chi connectivity index (χ4v) is 3.76. The Morgan fingerprint density at radius 3 is 2.61 bits per heavy atom. The fourth-order valence-electron chi connectivity index (χ4n) is 3.76. The van der Waals surface area contributed by atoms with E-state index in [9.17, 15) is 9.59 Å². The molecule has 0 radical (unpaired) electrons. The standard InChI is InChI=1S/C25H26N2O4/c1-18-4-2-5-19(14-18)16-31-23-7-3-6-20(15-23)24(28)26-22-8-11-27(12-9-22)25(29)21-10-13-30-17-21/h2-7,10,13-15,17,22H,8-9,11-12,16H2,1H3,(H,26,28). The zero-order chi connectivity index (χ0) is 21.6. The molecule has 3 aromatic rings. The maximum absolute atomic E-state index is 12.7. The first-order valence-corrected chi connectivity index (χ1v) is 10.5. The first-order valence-electron chi connectivity index (χ1n) is 10.5. The Kier molecular flexibility index (Phi) is 6.36. The molecule has 1 N–H and O–H groups in total. The van der Waals surface area contributed by atoms with Crippen LogP contribution in [0.2, 0.25) is 0 Å². The summed E-state index contributed by atoms with van der Waals surface area (Å²) in [5, 5.41) is 3.09. The number of aryl methyl sites for hydroxylation is 1. The maximum atomic E-state index is 12.7. The van der Waals surface area contributed by atoms with Crippen molar-refractivity contribution < 1.29 is 18.7 Å². The summed E-state index contributed by atoms with van der Waals surface area (Å²) in [6.07, 6.45) is 4.40. The molecule has 0 unspecified atom stereocenters. The maximum Gasteiger partial charge on any atom is 0.257 e. The van der Waals surface area contributed by atoms with Crippen LogP contribution in [0, 0.1) is 6.92 Å². The molecule has 0 saturated carbocycles. The Hall–Kier alpha value is -3.54. The zero-order valence-electron chi connectivity index (χ0n) is 17.5. The number of ether oxygens (including phenoxy) is 1. The Morgan fingerprint density at radius 2 is 1.87 bits per heavy atom. The predicted molar refractivity (Wildman–Crippen MR) is 117 cm³/mol. The summed E-state index contributed by atoms with van der Waals surface area (Å²) in [7, 11) is 0. The number of amides is 2. The average Bonchev–Trinajstić information content (AvgIpc) is 3.33. The van der Waals surface area contributed by atoms with Crippen molar-refractivity contribution in [2.24, 2.45) is 0 Å². The van der Waals surface area contributed by atoms with Gasteiger partial charge in [-0.15, -0.1) is 0 Å². The van der Waals surface area contributed by atoms with Crippen LogP contribution < -0.4 is 10.1 Å². The van der Waals surface area contributed by atoms with Gasteiger partial charge >= 0.3 is 0 Å². The Morgan fingerprint density at radius 1 is 1.06 bits per heavy atom. The zero-order valence-corrected chi connectivity index (χ0v) is 17.5. The van der Waals surface area contributed by atoms with Crippen LogP contribution in [0.15, 0.2) is 71.5 Å². The van der Waals surface area contributed by atoms with E-state index in [1.54, 1.807) is 23.1 Å². The van der Waals surface area contributed by atoms with Crippen molar-refractivity contribution in [1.29, 1.82) is 0 Å². The second-order valence-electron chi connectivity index (χ2n) is 7.86. The molecule has 1 aliphatic heterocycles. The predicted octanol–water partition coefficient (Wildman–Crippen LogP) is 4.20. The van der Waals surface area contributed by atoms with Gasteiger partial charge in [0, 0.05) is 24.7 Å². The van der Waals surface area contributed by atoms with Crippen molar-refractivity contribution in [1.82, 2.24) is 10.2 Å². The molecule has 0 bridgehead atoms. The molecule has 1 fully saturated rings. The summed E-state index contributed by atoms with van der Waals surface area (Å²) in [4.78, 5) is 26.9. The van der Waals surface area contributed by atoms with Gasteiger partial charge in [0.25, 0.3) is 11.8 Å². The van der Waals surface area contributed by atoms with Crippen LogP contribution in [-0.4, -0.2) is 35.8 Å². The van der Waals surface area contributed by atoms with Gasteiger partial charge in [-0.05, 0) is 49.6 Å². The van der Waals surface area contributed by atoms with E-state index in [2.05, 4.69) is 11.4 Å². The number of furan rings is 1. The van der Waals surface area contributed by atoms with Crippen molar-refractivity contribution in [3.63, 3.8) is 0 Å². The van der Waals surface area contributed by atoms with E-state index in [-0.39, 0.29) is 17.9 Å². The molecule has 2 aromatic carbocycles. The van der Waals surface area contributed by atoms with E-state index in [0.717, 1.165) is 18.4 Å². The number of nitrogens with zero attached hydrogens (tertiary/aromatic N) is 1. The second kappa shape index (κ2) is 9.51. The van der Waals surface area contributed by atoms with Crippen LogP contribution in [0.4, 0.5) is 0 Å². The van der Waals surface area contributed by atoms with Gasteiger partial charge in [-0.3, -0.25) is 9.59 Å². The SMILES string of the molecule is Cc1cccc(COc2cccc(C(=O)NC3CCN(C(=O)c4ccoc4)CC3)c2)c1. The van der Waals surface area contributed by atoms with Crippen molar-refractivity contribution >= 4 is 11.8 Å². The molecule has 2 amide bonds. The van der Waals surface area contributed by atoms with E-state index < -0.39 is 0 Å². The lowest BCUT2D eigenvalue weighted by Gasteiger charge is -2.32. The molecular weight excluding hydrogens is 392 g/mol. The van der Waals surface area contributed by atoms with Crippen LogP contribution in [0.1, 0.15) is 44.7 Å². The number of benzene rings is 2. The average molecular weight is 418 g/mol. The van der Waals surface area contributed by atoms with E-state index in [0.29, 0.717) is 36.6 Å². The van der Waals surface area contributed by atoms with Gasteiger partial charge in [0.05, 0.1) is 11.8 Å². The number of rotatable bonds is 6. The molecule has 1 saturated heterocycles. The summed E-state index contributed by atoms with van der Waals surface area (Å²) in [6, 6.07) is 17.1. The van der Waals surface area contributed by atoms with Gasteiger partial charge in [-0.25, -0.2) is 0 Å². The molecule has 0 spiro atoms. The topological polar surface area (TPSA) is 71.8 Å². The molecule has 6 heteroatoms. The third-order valence-electron chi connectivity index (χ3n) is 5.47. The van der Waals surface area contributed by atoms with Crippen LogP contribution in [0.3, 0.4) is 0 Å². The molecular formula is C25H26N2O4. The highest BCUT2D eigenvalue weighted by Crippen LogP contribution is 2.18. The number of carbonyl (C=O) groups excluding carboxylic acids is 2. The number of hydrogen-bond donors (Lipinski definition) is 1. The Bertz CT molecular complexity index is 1040. The monoisotopic (exact) mass is 418 g/mol. The number of likely N-dealkylation sites (tertiary alicyclic amines) is 1. The quantitative estimate of drug-likeness (QED) is 0.651. The third kappa shape index (κ3) is 5.34. The molecule has 4 rings (SSSR count). The summed E-state index contributed by atoms with van der Waals surface area (Å²) in [5.74, 6) is 0.507. The lowest BCUT2D eigenvalue weighted by Crippen LogP contribution is -2.46. The number of carbonyl (C=O) groups is 2. The highest BCUT2D eigenvalue weighted by atomic mass is 16.5. The van der Waals surface area contributed by atoms with Gasteiger partial charge in [-0.2, -0.15) is 0 Å². The fraction of sp³-hybridized carbons (Fsp3) is 0.280. The smallest absolute Gasteiger partial charge is 0.257 e. The van der Waals surface area contributed by atoms with E-state index in [4.69, 9.17) is 9.15 Å². The highest BCUT2D eigenvalue weighted by molar-refractivity contribution is 5.95. The lowest BCUT2D eigenvalue weighted by molar-refractivity contribution is 0.0697. The van der Waals surface area contributed by atoms with Gasteiger partial charge < -0.3 is 19.4 Å². The minimum absolute atomic E-state index is 0.0306. The van der Waals surface area contributed by atoms with Gasteiger partial charge in [0.2, 0.25) is 0 Å². The van der Waals surface area contributed by atoms with Crippen molar-refractivity contribution in [3.05, 3.63) is 89.4 Å². The summed E-state index contributed by atoms with van der Waals surface area (Å²) in [5.41, 5.74) is 3.40. The molecule has 0 atom stereocenters. The lowest BCUT2D eigenvalue weighted by atomic mass is 10.0. The molecule has 31 heavy (non-hydrogen) atoms. The van der Waals surface area contributed by atoms with Gasteiger partial charge in [0.1, 0.15) is 18.6 Å². The first kappa shape index (κ1) is 20.7. The van der Waals surface area contributed by atoms with Crippen molar-refractivity contribution in [2.75, 3.05) is 13.1 Å². The molecule has 160 valence electrons. The van der Waals surface area contributed by atoms with Crippen LogP contribution in [0.5, 0.6) is 5.75 Å². The second-order valence-corrected chi connectivity index (χ2v) is 7.86. The molecule has 1 aromatic heterocycles. The van der Waals surface area contributed by atoms with Gasteiger partial charge in [-0.1, -0.05) is 35.9 Å². The Balaban J connectivity index is 1.29. The molecule has 2 heterocycles. The highest BCUT2D eigenvalue weighted by Gasteiger charge is 2.25. The van der Waals surface area contributed by atoms with Crippen LogP contribution in [0.25, 0.3) is 0 Å². The van der Waals surface area contributed by atoms with E-state index in [1.165, 1.54) is 18.1 Å². The van der Waals surface area contributed by atoms with E-state index in [1.807, 2.05) is 37.3 Å². The van der Waals surface area contributed by atoms with Crippen molar-refractivity contribution in [2.45, 2.75) is 32.4 Å². The Labute approximate surface area is 181 Å². The summed E-state index contributed by atoms with van der Waals surface area (Å²) < 4.78 is 10.9. The van der Waals surface area contributed by atoms with Crippen LogP contribution in [-0.2, 0) is 6.61 Å². The first-order chi connectivity index (χ1) is 15.1. The minimum Gasteiger partial charge on any atom is -0.489 e. The molecule has 1 aliphatic rings. The minimum atomic E-state index is -0.124. The van der Waals surface area contributed by atoms with Crippen LogP contribution >= 0.6 is 0 Å². The number of piperidine rings is 1. The van der Waals surface area contributed by atoms with Crippen molar-refractivity contribution in [3.8, 4) is 5.75 Å². The third-order valence-corrected chi connectivity index (χ3v) is 5.47. The number of nitrogens with one attached hydrogen (secondary N) is 1. The largest absolute Gasteiger partial charge is 0.489 e. The molecule has 6 nitrogen and oxygen atoms in total.